The second-order valence-electron chi connectivity index (χ2n) is 5.00. The van der Waals surface area contributed by atoms with E-state index in [2.05, 4.69) is 11.8 Å². The van der Waals surface area contributed by atoms with Crippen molar-refractivity contribution in [1.29, 1.82) is 0 Å². The minimum absolute atomic E-state index is 0.130. The lowest BCUT2D eigenvalue weighted by Crippen LogP contribution is -2.50. The third-order valence-electron chi connectivity index (χ3n) is 3.72. The number of methoxy groups -OCH3 is 2. The van der Waals surface area contributed by atoms with Crippen LogP contribution in [0.3, 0.4) is 0 Å². The minimum atomic E-state index is -0.196. The van der Waals surface area contributed by atoms with Gasteiger partial charge < -0.3 is 19.3 Å². The number of nitrogens with zero attached hydrogens (tertiary/aromatic N) is 2. The van der Waals surface area contributed by atoms with Gasteiger partial charge in [-0.3, -0.25) is 9.59 Å². The summed E-state index contributed by atoms with van der Waals surface area (Å²) in [6.07, 6.45) is 0. The summed E-state index contributed by atoms with van der Waals surface area (Å²) in [6.45, 7) is 3.52. The van der Waals surface area contributed by atoms with Gasteiger partial charge in [0.15, 0.2) is 11.5 Å². The fraction of sp³-hybridized carbons (Fsp3) is 0.412. The zero-order chi connectivity index (χ0) is 16.8. The number of piperazine rings is 1. The number of hydrogen-bond acceptors (Lipinski definition) is 4. The Labute approximate surface area is 136 Å². The van der Waals surface area contributed by atoms with Crippen LogP contribution in [-0.2, 0) is 4.79 Å². The summed E-state index contributed by atoms with van der Waals surface area (Å²) in [6, 6.07) is 5.21. The molecule has 0 radical (unpaired) electrons. The number of hydrogen-bond donors (Lipinski definition) is 0. The smallest absolute Gasteiger partial charge is 0.298 e. The minimum Gasteiger partial charge on any atom is -0.493 e. The van der Waals surface area contributed by atoms with Crippen LogP contribution in [0.15, 0.2) is 18.2 Å². The Morgan fingerprint density at radius 2 is 1.70 bits per heavy atom. The molecule has 0 aliphatic carbocycles. The van der Waals surface area contributed by atoms with E-state index < -0.39 is 0 Å². The lowest BCUT2D eigenvalue weighted by Gasteiger charge is -2.34. The molecule has 0 saturated carbocycles. The van der Waals surface area contributed by atoms with E-state index in [-0.39, 0.29) is 11.8 Å². The molecule has 2 amide bonds. The van der Waals surface area contributed by atoms with Crippen LogP contribution in [0.4, 0.5) is 0 Å². The quantitative estimate of drug-likeness (QED) is 0.781. The Kier molecular flexibility index (Phi) is 5.47. The van der Waals surface area contributed by atoms with E-state index in [4.69, 9.17) is 9.47 Å². The highest BCUT2D eigenvalue weighted by atomic mass is 16.5. The van der Waals surface area contributed by atoms with Crippen molar-refractivity contribution in [1.82, 2.24) is 9.80 Å². The molecular weight excluding hydrogens is 296 g/mol. The van der Waals surface area contributed by atoms with Gasteiger partial charge in [0.1, 0.15) is 0 Å². The third-order valence-corrected chi connectivity index (χ3v) is 3.72. The monoisotopic (exact) mass is 316 g/mol. The van der Waals surface area contributed by atoms with Crippen molar-refractivity contribution >= 4 is 11.8 Å². The molecule has 0 atom stereocenters. The second-order valence-corrected chi connectivity index (χ2v) is 5.00. The van der Waals surface area contributed by atoms with Crippen LogP contribution >= 0.6 is 0 Å². The molecule has 1 aromatic rings. The molecule has 1 aromatic carbocycles. The first-order valence-electron chi connectivity index (χ1n) is 7.34. The van der Waals surface area contributed by atoms with Crippen LogP contribution in [0.5, 0.6) is 11.5 Å². The van der Waals surface area contributed by atoms with E-state index in [1.165, 1.54) is 14.2 Å². The first-order chi connectivity index (χ1) is 11.1. The molecule has 0 spiro atoms. The Morgan fingerprint density at radius 3 is 2.26 bits per heavy atom. The fourth-order valence-electron chi connectivity index (χ4n) is 2.52. The number of rotatable bonds is 3. The van der Waals surface area contributed by atoms with Gasteiger partial charge in [-0.05, 0) is 25.0 Å². The summed E-state index contributed by atoms with van der Waals surface area (Å²) < 4.78 is 10.5. The zero-order valence-corrected chi connectivity index (χ0v) is 13.6. The van der Waals surface area contributed by atoms with Gasteiger partial charge in [-0.15, -0.1) is 0 Å². The zero-order valence-electron chi connectivity index (χ0n) is 13.6. The summed E-state index contributed by atoms with van der Waals surface area (Å²) in [7, 11) is 3.04. The first kappa shape index (κ1) is 16.7. The molecule has 1 fully saturated rings. The van der Waals surface area contributed by atoms with E-state index in [1.54, 1.807) is 34.9 Å². The average Bonchev–Trinajstić information content (AvgIpc) is 2.60. The lowest BCUT2D eigenvalue weighted by atomic mass is 10.1. The highest BCUT2D eigenvalue weighted by molar-refractivity contribution is 5.98. The average molecular weight is 316 g/mol. The maximum Gasteiger partial charge on any atom is 0.298 e. The molecular formula is C17H20N2O4. The van der Waals surface area contributed by atoms with E-state index >= 15 is 0 Å². The van der Waals surface area contributed by atoms with E-state index in [9.17, 15) is 9.59 Å². The largest absolute Gasteiger partial charge is 0.493 e. The van der Waals surface area contributed by atoms with E-state index in [1.807, 2.05) is 0 Å². The predicted molar refractivity (Wildman–Crippen MR) is 85.5 cm³/mol. The van der Waals surface area contributed by atoms with Crippen LogP contribution in [0.1, 0.15) is 17.3 Å². The fourth-order valence-corrected chi connectivity index (χ4v) is 2.52. The van der Waals surface area contributed by atoms with Crippen LogP contribution in [0, 0.1) is 11.8 Å². The number of carbonyl (C=O) groups is 2. The summed E-state index contributed by atoms with van der Waals surface area (Å²) in [5.41, 5.74) is 0.458. The van der Waals surface area contributed by atoms with Crippen molar-refractivity contribution in [2.24, 2.45) is 0 Å². The summed E-state index contributed by atoms with van der Waals surface area (Å²) in [5.74, 6) is 5.74. The molecule has 6 nitrogen and oxygen atoms in total. The number of benzene rings is 1. The molecule has 0 aromatic heterocycles. The van der Waals surface area contributed by atoms with Gasteiger partial charge in [0, 0.05) is 26.2 Å². The highest BCUT2D eigenvalue weighted by Gasteiger charge is 2.26. The Morgan fingerprint density at radius 1 is 1.04 bits per heavy atom. The second kappa shape index (κ2) is 7.54. The number of carbonyl (C=O) groups excluding carboxylic acids is 2. The van der Waals surface area contributed by atoms with Crippen molar-refractivity contribution in [2.75, 3.05) is 40.4 Å². The molecule has 1 aliphatic rings. The van der Waals surface area contributed by atoms with Crippen LogP contribution < -0.4 is 9.47 Å². The van der Waals surface area contributed by atoms with Crippen LogP contribution in [0.25, 0.3) is 0 Å². The molecule has 2 rings (SSSR count). The topological polar surface area (TPSA) is 59.1 Å². The SMILES string of the molecule is CC#CC(=O)N1CCN(C(=O)c2cccc(OC)c2OC)CC1. The molecule has 23 heavy (non-hydrogen) atoms. The van der Waals surface area contributed by atoms with Gasteiger partial charge in [0.2, 0.25) is 0 Å². The normalized spacial score (nSPS) is 13.9. The van der Waals surface area contributed by atoms with Gasteiger partial charge >= 0.3 is 0 Å². The third kappa shape index (κ3) is 3.57. The molecule has 0 N–H and O–H groups in total. The summed E-state index contributed by atoms with van der Waals surface area (Å²) in [4.78, 5) is 27.8. The van der Waals surface area contributed by atoms with Crippen molar-refractivity contribution in [2.45, 2.75) is 6.92 Å². The van der Waals surface area contributed by atoms with Gasteiger partial charge in [-0.1, -0.05) is 12.0 Å². The van der Waals surface area contributed by atoms with E-state index in [0.717, 1.165) is 0 Å². The highest BCUT2D eigenvalue weighted by Crippen LogP contribution is 2.31. The van der Waals surface area contributed by atoms with Crippen molar-refractivity contribution in [3.63, 3.8) is 0 Å². The van der Waals surface area contributed by atoms with Crippen LogP contribution in [-0.4, -0.2) is 62.0 Å². The van der Waals surface area contributed by atoms with Gasteiger partial charge in [0.05, 0.1) is 19.8 Å². The van der Waals surface area contributed by atoms with Crippen molar-refractivity contribution in [3.8, 4) is 23.3 Å². The Hall–Kier alpha value is -2.68. The molecule has 1 heterocycles. The molecule has 1 saturated heterocycles. The molecule has 0 bridgehead atoms. The number of amides is 2. The predicted octanol–water partition coefficient (Wildman–Crippen LogP) is 1.01. The van der Waals surface area contributed by atoms with E-state index in [0.29, 0.717) is 43.2 Å². The molecule has 0 unspecified atom stereocenters. The summed E-state index contributed by atoms with van der Waals surface area (Å²) in [5, 5.41) is 0. The summed E-state index contributed by atoms with van der Waals surface area (Å²) >= 11 is 0. The maximum absolute atomic E-state index is 12.7. The Bertz CT molecular complexity index is 652. The molecule has 1 aliphatic heterocycles. The first-order valence-corrected chi connectivity index (χ1v) is 7.34. The number of ether oxygens (including phenoxy) is 2. The molecule has 122 valence electrons. The van der Waals surface area contributed by atoms with Gasteiger partial charge in [0.25, 0.3) is 11.8 Å². The maximum atomic E-state index is 12.7. The number of para-hydroxylation sites is 1. The lowest BCUT2D eigenvalue weighted by molar-refractivity contribution is -0.126. The molecule has 6 heteroatoms. The van der Waals surface area contributed by atoms with Crippen LogP contribution in [0.2, 0.25) is 0 Å². The Balaban J connectivity index is 2.11. The standard InChI is InChI=1S/C17H20N2O4/c1-4-6-15(20)18-9-11-19(12-10-18)17(21)13-7-5-8-14(22-2)16(13)23-3/h5,7-8H,9-12H2,1-3H3. The van der Waals surface area contributed by atoms with Crippen molar-refractivity contribution < 1.29 is 19.1 Å². The van der Waals surface area contributed by atoms with Crippen molar-refractivity contribution in [3.05, 3.63) is 23.8 Å². The van der Waals surface area contributed by atoms with Gasteiger partial charge in [-0.25, -0.2) is 0 Å². The van der Waals surface area contributed by atoms with Gasteiger partial charge in [-0.2, -0.15) is 0 Å².